The number of rotatable bonds is 10. The van der Waals surface area contributed by atoms with E-state index < -0.39 is 25.1 Å². The van der Waals surface area contributed by atoms with E-state index in [0.717, 1.165) is 43.6 Å². The van der Waals surface area contributed by atoms with E-state index in [4.69, 9.17) is 9.39 Å². The minimum Gasteiger partial charge on any atom is -0.507 e. The molecule has 3 aliphatic rings. The number of allylic oxidation sites excluding steroid dienone is 1. The van der Waals surface area contributed by atoms with Crippen LogP contribution in [0.25, 0.3) is 22.4 Å². The highest BCUT2D eigenvalue weighted by atomic mass is 32.1. The number of hydrogen-bond donors (Lipinski definition) is 2. The van der Waals surface area contributed by atoms with Gasteiger partial charge in [-0.25, -0.2) is 0 Å². The second-order valence-electron chi connectivity index (χ2n) is 13.4. The Morgan fingerprint density at radius 2 is 1.75 bits per heavy atom. The Bertz CT molecular complexity index is 2120. The number of ether oxygens (including phenoxy) is 1. The van der Waals surface area contributed by atoms with E-state index in [0.29, 0.717) is 25.0 Å². The van der Waals surface area contributed by atoms with Crippen LogP contribution < -0.4 is 4.74 Å². The predicted octanol–water partition coefficient (Wildman–Crippen LogP) is 7.40. The van der Waals surface area contributed by atoms with Crippen molar-refractivity contribution >= 4 is 52.7 Å². The van der Waals surface area contributed by atoms with Gasteiger partial charge in [0.05, 0.1) is 30.2 Å². The number of pyridine rings is 1. The first-order valence-electron chi connectivity index (χ1n) is 17.4. The molecule has 0 saturated carbocycles. The molecular formula is C41H37BN2O6S. The number of aromatic nitrogens is 1. The maximum Gasteiger partial charge on any atom is 0.455 e. The number of carbonyl (C=O) groups is 2. The second-order valence-corrected chi connectivity index (χ2v) is 14.4. The third kappa shape index (κ3) is 6.62. The first kappa shape index (κ1) is 33.1. The zero-order valence-electron chi connectivity index (χ0n) is 27.9. The van der Waals surface area contributed by atoms with Crippen LogP contribution in [0.3, 0.4) is 0 Å². The van der Waals surface area contributed by atoms with E-state index in [1.807, 2.05) is 96.4 Å². The third-order valence-corrected chi connectivity index (χ3v) is 11.2. The van der Waals surface area contributed by atoms with Gasteiger partial charge in [0, 0.05) is 16.5 Å². The Morgan fingerprint density at radius 1 is 0.941 bits per heavy atom. The molecule has 2 saturated heterocycles. The Morgan fingerprint density at radius 3 is 2.53 bits per heavy atom. The van der Waals surface area contributed by atoms with Crippen LogP contribution in [-0.4, -0.2) is 51.7 Å². The van der Waals surface area contributed by atoms with Gasteiger partial charge in [-0.3, -0.25) is 19.5 Å². The van der Waals surface area contributed by atoms with Gasteiger partial charge < -0.3 is 19.5 Å². The highest BCUT2D eigenvalue weighted by molar-refractivity contribution is 7.09. The largest absolute Gasteiger partial charge is 0.507 e. The molecule has 8 rings (SSSR count). The number of phenols is 1. The molecule has 0 unspecified atom stereocenters. The summed E-state index contributed by atoms with van der Waals surface area (Å²) >= 11 is 1.53. The average molecular weight is 697 g/mol. The molecule has 2 aromatic heterocycles. The molecule has 2 aliphatic heterocycles. The van der Waals surface area contributed by atoms with Crippen LogP contribution in [0.5, 0.6) is 11.5 Å². The predicted molar refractivity (Wildman–Crippen MR) is 199 cm³/mol. The Labute approximate surface area is 300 Å². The van der Waals surface area contributed by atoms with Crippen LogP contribution >= 0.6 is 11.3 Å². The molecule has 0 spiro atoms. The zero-order valence-corrected chi connectivity index (χ0v) is 28.7. The molecule has 256 valence electrons. The van der Waals surface area contributed by atoms with Crippen molar-refractivity contribution in [2.24, 2.45) is 17.8 Å². The quantitative estimate of drug-likeness (QED) is 0.0890. The molecule has 2 amide bonds. The lowest BCUT2D eigenvalue weighted by atomic mass is 9.58. The molecule has 2 fully saturated rings. The summed E-state index contributed by atoms with van der Waals surface area (Å²) in [7, 11) is -1.09. The number of carbonyl (C=O) groups excluding carboxylic acids is 2. The number of imide groups is 1. The molecule has 8 nitrogen and oxygen atoms in total. The smallest absolute Gasteiger partial charge is 0.455 e. The van der Waals surface area contributed by atoms with E-state index in [1.165, 1.54) is 16.2 Å². The van der Waals surface area contributed by atoms with Gasteiger partial charge in [-0.2, -0.15) is 0 Å². The minimum absolute atomic E-state index is 0.159. The molecule has 10 heteroatoms. The van der Waals surface area contributed by atoms with E-state index >= 15 is 0 Å². The second kappa shape index (κ2) is 14.3. The highest BCUT2D eigenvalue weighted by Crippen LogP contribution is 2.51. The molecule has 4 heterocycles. The number of fused-ring (bicyclic) bond motifs is 4. The van der Waals surface area contributed by atoms with Gasteiger partial charge in [0.1, 0.15) is 18.1 Å². The van der Waals surface area contributed by atoms with Crippen LogP contribution in [-0.2, 0) is 20.8 Å². The number of aromatic hydroxyl groups is 1. The number of amides is 2. The lowest BCUT2D eigenvalue weighted by Gasteiger charge is -2.43. The Kier molecular flexibility index (Phi) is 9.29. The van der Waals surface area contributed by atoms with Crippen LogP contribution in [0.1, 0.15) is 35.4 Å². The Hall–Kier alpha value is -5.03. The van der Waals surface area contributed by atoms with Crippen molar-refractivity contribution in [2.45, 2.75) is 38.2 Å². The summed E-state index contributed by atoms with van der Waals surface area (Å²) in [5.74, 6) is -0.841. The SMILES string of the molecule is O=C1[C@@H]2[C@@H](CC(COc3ccccc3)=C3[C@@H](CC/C(=C/c4ccc(O)c5ccccc45)c4ccccn4)OB(O)C[C@@H]32)C(=O)N1Cc1cccs1. The maximum atomic E-state index is 14.1. The van der Waals surface area contributed by atoms with Gasteiger partial charge in [-0.15, -0.1) is 11.3 Å². The average Bonchev–Trinajstić information content (AvgIpc) is 3.76. The lowest BCUT2D eigenvalue weighted by molar-refractivity contribution is -0.140. The lowest BCUT2D eigenvalue weighted by Crippen LogP contribution is -2.46. The number of hydrogen-bond acceptors (Lipinski definition) is 8. The highest BCUT2D eigenvalue weighted by Gasteiger charge is 2.57. The number of nitrogens with zero attached hydrogens (tertiary/aromatic N) is 2. The molecule has 4 atom stereocenters. The number of likely N-dealkylation sites (tertiary alicyclic amines) is 1. The fourth-order valence-corrected chi connectivity index (χ4v) is 8.79. The van der Waals surface area contributed by atoms with Crippen LogP contribution in [0, 0.1) is 17.8 Å². The van der Waals surface area contributed by atoms with E-state index in [9.17, 15) is 19.7 Å². The first-order valence-corrected chi connectivity index (χ1v) is 18.3. The molecule has 0 radical (unpaired) electrons. The van der Waals surface area contributed by atoms with Crippen molar-refractivity contribution in [3.63, 3.8) is 0 Å². The van der Waals surface area contributed by atoms with Crippen LogP contribution in [0.15, 0.2) is 120 Å². The van der Waals surface area contributed by atoms with E-state index in [2.05, 4.69) is 11.1 Å². The maximum absolute atomic E-state index is 14.1. The fourth-order valence-electron chi connectivity index (χ4n) is 8.10. The summed E-state index contributed by atoms with van der Waals surface area (Å²) in [5, 5.41) is 25.4. The molecule has 1 aliphatic carbocycles. The van der Waals surface area contributed by atoms with Crippen molar-refractivity contribution < 1.29 is 29.1 Å². The van der Waals surface area contributed by atoms with Crippen molar-refractivity contribution in [2.75, 3.05) is 6.61 Å². The summed E-state index contributed by atoms with van der Waals surface area (Å²) in [5.41, 5.74) is 4.65. The van der Waals surface area contributed by atoms with Crippen molar-refractivity contribution in [1.29, 1.82) is 0 Å². The zero-order chi connectivity index (χ0) is 34.9. The molecule has 2 N–H and O–H groups in total. The van der Waals surface area contributed by atoms with Crippen molar-refractivity contribution in [3.05, 3.63) is 136 Å². The minimum atomic E-state index is -1.09. The van der Waals surface area contributed by atoms with Gasteiger partial charge in [0.25, 0.3) is 0 Å². The molecular weight excluding hydrogens is 659 g/mol. The first-order chi connectivity index (χ1) is 24.9. The van der Waals surface area contributed by atoms with Gasteiger partial charge >= 0.3 is 7.12 Å². The number of thiophene rings is 1. The monoisotopic (exact) mass is 696 g/mol. The number of benzene rings is 3. The number of para-hydroxylation sites is 1. The Balaban J connectivity index is 1.15. The van der Waals surface area contributed by atoms with E-state index in [-0.39, 0.29) is 43.0 Å². The van der Waals surface area contributed by atoms with Gasteiger partial charge in [-0.1, -0.05) is 60.7 Å². The summed E-state index contributed by atoms with van der Waals surface area (Å²) in [4.78, 5) is 35.1. The number of phenolic OH excluding ortho intramolecular Hbond substituents is 1. The summed E-state index contributed by atoms with van der Waals surface area (Å²) < 4.78 is 12.6. The summed E-state index contributed by atoms with van der Waals surface area (Å²) in [6.07, 6.45) is 5.05. The van der Waals surface area contributed by atoms with E-state index in [1.54, 1.807) is 12.3 Å². The van der Waals surface area contributed by atoms with Crippen molar-refractivity contribution in [3.8, 4) is 11.5 Å². The van der Waals surface area contributed by atoms with Gasteiger partial charge in [-0.05, 0) is 107 Å². The molecule has 3 aromatic carbocycles. The summed E-state index contributed by atoms with van der Waals surface area (Å²) in [6, 6.07) is 30.6. The van der Waals surface area contributed by atoms with Gasteiger partial charge in [0.15, 0.2) is 0 Å². The third-order valence-electron chi connectivity index (χ3n) is 10.4. The molecule has 51 heavy (non-hydrogen) atoms. The van der Waals surface area contributed by atoms with Gasteiger partial charge in [0.2, 0.25) is 11.8 Å². The molecule has 5 aromatic rings. The fraction of sp³-hybridized carbons (Fsp3) is 0.244. The normalized spacial score (nSPS) is 22.0. The molecule has 0 bridgehead atoms. The standard InChI is InChI=1S/C41H37BN2O6S/c45-36-17-15-26(31-12-4-5-13-32(31)36)21-27(35-14-6-7-19-43-35)16-18-37-38-28(25-49-29-9-2-1-3-10-29)22-33-39(34(38)23-42(48)50-37)41(47)44(40(33)46)24-30-11-8-20-51-30/h1-15,17,19-21,33-34,37,39,45,48H,16,18,22-25H2/b27-21-/t33-,34+,37-,39-/m1/s1. The summed E-state index contributed by atoms with van der Waals surface area (Å²) in [6.45, 7) is 0.511. The van der Waals surface area contributed by atoms with Crippen molar-refractivity contribution in [1.82, 2.24) is 9.88 Å². The van der Waals surface area contributed by atoms with Crippen LogP contribution in [0.4, 0.5) is 0 Å². The van der Waals surface area contributed by atoms with Crippen LogP contribution in [0.2, 0.25) is 6.32 Å². The topological polar surface area (TPSA) is 109 Å².